The molecule has 0 aromatic heterocycles. The molecule has 0 radical (unpaired) electrons. The third-order valence-electron chi connectivity index (χ3n) is 1.07. The van der Waals surface area contributed by atoms with Gasteiger partial charge in [0.2, 0.25) is 0 Å². The minimum atomic E-state index is -4.64. The fourth-order valence-corrected chi connectivity index (χ4v) is 0.663. The SMILES string of the molecule is CC(C)(C)COCC(C)(C)C.O=P(O)(O)O.O=P(O)(O)O. The first-order valence-electron chi connectivity index (χ1n) is 5.85. The first kappa shape index (κ1) is 26.1. The fourth-order valence-electron chi connectivity index (χ4n) is 0.663. The average Bonchev–Trinajstić information content (AvgIpc) is 1.89. The van der Waals surface area contributed by atoms with Crippen LogP contribution in [0.4, 0.5) is 0 Å². The Morgan fingerprint density at radius 1 is 0.667 bits per heavy atom. The molecule has 0 heterocycles. The zero-order valence-electron chi connectivity index (χ0n) is 13.2. The van der Waals surface area contributed by atoms with Crippen LogP contribution in [0.3, 0.4) is 0 Å². The van der Waals surface area contributed by atoms with Gasteiger partial charge in [0, 0.05) is 0 Å². The minimum absolute atomic E-state index is 0.297. The van der Waals surface area contributed by atoms with Crippen molar-refractivity contribution in [3.8, 4) is 0 Å². The van der Waals surface area contributed by atoms with E-state index in [-0.39, 0.29) is 0 Å². The summed E-state index contributed by atoms with van der Waals surface area (Å²) in [6.07, 6.45) is 0. The Bertz CT molecular complexity index is 294. The molecule has 0 aliphatic carbocycles. The summed E-state index contributed by atoms with van der Waals surface area (Å²) in [7, 11) is -9.28. The van der Waals surface area contributed by atoms with Gasteiger partial charge in [-0.2, -0.15) is 0 Å². The summed E-state index contributed by atoms with van der Waals surface area (Å²) in [5, 5.41) is 0. The zero-order chi connectivity index (χ0) is 18.1. The fraction of sp³-hybridized carbons (Fsp3) is 1.00. The van der Waals surface area contributed by atoms with Crippen LogP contribution in [0.5, 0.6) is 0 Å². The highest BCUT2D eigenvalue weighted by Crippen LogP contribution is 2.26. The summed E-state index contributed by atoms with van der Waals surface area (Å²) in [5.74, 6) is 0. The minimum Gasteiger partial charge on any atom is -0.380 e. The van der Waals surface area contributed by atoms with Gasteiger partial charge in [0.1, 0.15) is 0 Å². The maximum atomic E-state index is 8.88. The van der Waals surface area contributed by atoms with E-state index < -0.39 is 15.6 Å². The van der Waals surface area contributed by atoms with Gasteiger partial charge in [-0.3, -0.25) is 0 Å². The van der Waals surface area contributed by atoms with Crippen LogP contribution in [0.2, 0.25) is 0 Å². The van der Waals surface area contributed by atoms with Gasteiger partial charge in [-0.1, -0.05) is 41.5 Å². The van der Waals surface area contributed by atoms with E-state index in [1.807, 2.05) is 0 Å². The second-order valence-corrected chi connectivity index (χ2v) is 8.69. The predicted octanol–water partition coefficient (Wildman–Crippen LogP) is 1.24. The highest BCUT2D eigenvalue weighted by molar-refractivity contribution is 7.45. The highest BCUT2D eigenvalue weighted by atomic mass is 31.2. The molecule has 0 rings (SSSR count). The number of hydrogen-bond acceptors (Lipinski definition) is 3. The molecule has 0 fully saturated rings. The van der Waals surface area contributed by atoms with E-state index >= 15 is 0 Å². The molecule has 0 unspecified atom stereocenters. The van der Waals surface area contributed by atoms with Crippen molar-refractivity contribution in [1.82, 2.24) is 0 Å². The van der Waals surface area contributed by atoms with E-state index in [0.717, 1.165) is 13.2 Å². The van der Waals surface area contributed by atoms with Crippen LogP contribution in [-0.4, -0.2) is 42.6 Å². The van der Waals surface area contributed by atoms with Crippen molar-refractivity contribution in [2.45, 2.75) is 41.5 Å². The molecule has 0 saturated heterocycles. The molecule has 0 bridgehead atoms. The summed E-state index contributed by atoms with van der Waals surface area (Å²) >= 11 is 0. The smallest absolute Gasteiger partial charge is 0.380 e. The monoisotopic (exact) mass is 354 g/mol. The van der Waals surface area contributed by atoms with Gasteiger partial charge < -0.3 is 34.1 Å². The molecule has 11 heteroatoms. The number of ether oxygens (including phenoxy) is 1. The Hall–Kier alpha value is 0.180. The molecule has 132 valence electrons. The molecule has 0 amide bonds. The van der Waals surface area contributed by atoms with E-state index in [1.165, 1.54) is 0 Å². The van der Waals surface area contributed by atoms with E-state index in [2.05, 4.69) is 41.5 Å². The van der Waals surface area contributed by atoms with Crippen molar-refractivity contribution in [2.75, 3.05) is 13.2 Å². The number of rotatable bonds is 2. The molecule has 0 saturated carbocycles. The maximum Gasteiger partial charge on any atom is 0.466 e. The van der Waals surface area contributed by atoms with Crippen molar-refractivity contribution in [2.24, 2.45) is 10.8 Å². The average molecular weight is 354 g/mol. The second-order valence-electron chi connectivity index (χ2n) is 6.64. The molecular formula is C10H28O9P2. The summed E-state index contributed by atoms with van der Waals surface area (Å²) in [5.41, 5.74) is 0.594. The lowest BCUT2D eigenvalue weighted by Gasteiger charge is -2.23. The first-order chi connectivity index (χ1) is 8.71. The summed E-state index contributed by atoms with van der Waals surface area (Å²) < 4.78 is 23.3. The zero-order valence-corrected chi connectivity index (χ0v) is 15.0. The number of hydrogen-bond donors (Lipinski definition) is 6. The lowest BCUT2D eigenvalue weighted by molar-refractivity contribution is 0.0275. The van der Waals surface area contributed by atoms with Crippen LogP contribution >= 0.6 is 15.6 Å². The molecule has 0 spiro atoms. The Labute approximate surface area is 125 Å². The van der Waals surface area contributed by atoms with Gasteiger partial charge in [0.25, 0.3) is 0 Å². The Morgan fingerprint density at radius 2 is 0.810 bits per heavy atom. The maximum absolute atomic E-state index is 8.88. The van der Waals surface area contributed by atoms with E-state index in [0.29, 0.717) is 10.8 Å². The third kappa shape index (κ3) is 99.7. The lowest BCUT2D eigenvalue weighted by Crippen LogP contribution is -2.21. The molecule has 6 N–H and O–H groups in total. The van der Waals surface area contributed by atoms with Gasteiger partial charge in [-0.25, -0.2) is 9.13 Å². The Balaban J connectivity index is -0.000000270. The normalized spacial score (nSPS) is 12.8. The molecule has 21 heavy (non-hydrogen) atoms. The van der Waals surface area contributed by atoms with Gasteiger partial charge in [-0.05, 0) is 10.8 Å². The predicted molar refractivity (Wildman–Crippen MR) is 78.3 cm³/mol. The Kier molecular flexibility index (Phi) is 12.5. The topological polar surface area (TPSA) is 165 Å². The quantitative estimate of drug-likeness (QED) is 0.400. The van der Waals surface area contributed by atoms with Crippen LogP contribution in [0, 0.1) is 10.8 Å². The molecule has 0 aromatic carbocycles. The van der Waals surface area contributed by atoms with E-state index in [9.17, 15) is 0 Å². The van der Waals surface area contributed by atoms with Gasteiger partial charge in [-0.15, -0.1) is 0 Å². The van der Waals surface area contributed by atoms with Crippen molar-refractivity contribution < 1.29 is 43.2 Å². The molecule has 0 atom stereocenters. The van der Waals surface area contributed by atoms with Crippen LogP contribution in [0.1, 0.15) is 41.5 Å². The van der Waals surface area contributed by atoms with Crippen LogP contribution < -0.4 is 0 Å². The van der Waals surface area contributed by atoms with Crippen molar-refractivity contribution >= 4 is 15.6 Å². The summed E-state index contributed by atoms with van der Waals surface area (Å²) in [6.45, 7) is 14.8. The van der Waals surface area contributed by atoms with Crippen LogP contribution in [0.15, 0.2) is 0 Å². The molecule has 0 aliphatic rings. The molecule has 9 nitrogen and oxygen atoms in total. The van der Waals surface area contributed by atoms with Crippen molar-refractivity contribution in [3.05, 3.63) is 0 Å². The van der Waals surface area contributed by atoms with Gasteiger partial charge in [0.15, 0.2) is 0 Å². The van der Waals surface area contributed by atoms with E-state index in [1.54, 1.807) is 0 Å². The summed E-state index contributed by atoms with van der Waals surface area (Å²) in [4.78, 5) is 43.1. The van der Waals surface area contributed by atoms with Crippen LogP contribution in [-0.2, 0) is 13.9 Å². The van der Waals surface area contributed by atoms with Crippen LogP contribution in [0.25, 0.3) is 0 Å². The van der Waals surface area contributed by atoms with Crippen molar-refractivity contribution in [3.63, 3.8) is 0 Å². The third-order valence-corrected chi connectivity index (χ3v) is 1.07. The van der Waals surface area contributed by atoms with Gasteiger partial charge >= 0.3 is 15.6 Å². The van der Waals surface area contributed by atoms with Gasteiger partial charge in [0.05, 0.1) is 13.2 Å². The molecule has 0 aliphatic heterocycles. The lowest BCUT2D eigenvalue weighted by atomic mass is 9.97. The first-order valence-corrected chi connectivity index (χ1v) is 8.98. The summed E-state index contributed by atoms with van der Waals surface area (Å²) in [6, 6.07) is 0. The Morgan fingerprint density at radius 3 is 0.905 bits per heavy atom. The molecule has 0 aromatic rings. The highest BCUT2D eigenvalue weighted by Gasteiger charge is 2.14. The second kappa shape index (κ2) is 10.0. The largest absolute Gasteiger partial charge is 0.466 e. The van der Waals surface area contributed by atoms with Crippen molar-refractivity contribution in [1.29, 1.82) is 0 Å². The standard InChI is InChI=1S/C10H22O.2H3O4P/c1-9(2,3)7-11-8-10(4,5)6;2*1-5(2,3)4/h7-8H2,1-6H3;2*(H3,1,2,3,4). The molecular weight excluding hydrogens is 326 g/mol. The number of phosphoric acid groups is 2. The van der Waals surface area contributed by atoms with E-state index in [4.69, 9.17) is 43.2 Å².